The Morgan fingerprint density at radius 2 is 1.92 bits per heavy atom. The quantitative estimate of drug-likeness (QED) is 0.445. The molecule has 1 saturated heterocycles. The summed E-state index contributed by atoms with van der Waals surface area (Å²) in [6, 6.07) is 9.37. The summed E-state index contributed by atoms with van der Waals surface area (Å²) < 4.78 is 15.1. The van der Waals surface area contributed by atoms with Crippen molar-refractivity contribution in [2.45, 2.75) is 26.1 Å². The van der Waals surface area contributed by atoms with E-state index in [1.165, 1.54) is 11.8 Å². The normalized spacial score (nSPS) is 16.2. The van der Waals surface area contributed by atoms with Crippen LogP contribution in [-0.2, 0) is 30.4 Å². The summed E-state index contributed by atoms with van der Waals surface area (Å²) in [7, 11) is 0. The smallest absolute Gasteiger partial charge is 0.410 e. The van der Waals surface area contributed by atoms with Crippen LogP contribution in [-0.4, -0.2) is 48.7 Å². The molecular weight excluding hydrogens is 326 g/mol. The van der Waals surface area contributed by atoms with Crippen LogP contribution in [0.2, 0.25) is 0 Å². The number of rotatable bonds is 6. The topological polar surface area (TPSA) is 82.1 Å². The number of hydrogen-bond donors (Lipinski definition) is 0. The van der Waals surface area contributed by atoms with Crippen molar-refractivity contribution in [1.29, 1.82) is 0 Å². The largest absolute Gasteiger partial charge is 0.458 e. The lowest BCUT2D eigenvalue weighted by atomic mass is 10.2. The summed E-state index contributed by atoms with van der Waals surface area (Å²) in [4.78, 5) is 36.4. The van der Waals surface area contributed by atoms with E-state index in [4.69, 9.17) is 14.2 Å². The highest BCUT2D eigenvalue weighted by molar-refractivity contribution is 5.88. The molecule has 25 heavy (non-hydrogen) atoms. The van der Waals surface area contributed by atoms with E-state index in [9.17, 15) is 14.4 Å². The maximum absolute atomic E-state index is 12.0. The minimum atomic E-state index is -0.654. The first-order chi connectivity index (χ1) is 12.0. The van der Waals surface area contributed by atoms with E-state index in [0.717, 1.165) is 5.56 Å². The molecule has 1 aromatic rings. The summed E-state index contributed by atoms with van der Waals surface area (Å²) in [6.45, 7) is 5.33. The van der Waals surface area contributed by atoms with E-state index in [2.05, 4.69) is 6.58 Å². The molecule has 0 aliphatic carbocycles. The predicted molar refractivity (Wildman–Crippen MR) is 88.5 cm³/mol. The van der Waals surface area contributed by atoms with E-state index in [0.29, 0.717) is 13.0 Å². The van der Waals surface area contributed by atoms with Gasteiger partial charge in [-0.25, -0.2) is 14.4 Å². The molecule has 0 radical (unpaired) electrons. The Balaban J connectivity index is 1.69. The molecule has 1 unspecified atom stereocenters. The molecule has 1 aromatic carbocycles. The van der Waals surface area contributed by atoms with Gasteiger partial charge in [0, 0.05) is 18.5 Å². The molecule has 0 bridgehead atoms. The van der Waals surface area contributed by atoms with Crippen molar-refractivity contribution in [2.24, 2.45) is 0 Å². The maximum Gasteiger partial charge on any atom is 0.410 e. The number of nitrogens with zero attached hydrogens (tertiary/aromatic N) is 1. The Kier molecular flexibility index (Phi) is 6.56. The van der Waals surface area contributed by atoms with Crippen LogP contribution in [0.1, 0.15) is 18.9 Å². The number of benzene rings is 1. The van der Waals surface area contributed by atoms with Gasteiger partial charge in [-0.05, 0) is 12.5 Å². The van der Waals surface area contributed by atoms with Gasteiger partial charge >= 0.3 is 18.0 Å². The minimum absolute atomic E-state index is 0.192. The lowest BCUT2D eigenvalue weighted by molar-refractivity contribution is -0.160. The van der Waals surface area contributed by atoms with E-state index in [-0.39, 0.29) is 18.7 Å². The zero-order valence-electron chi connectivity index (χ0n) is 14.1. The number of carbonyl (C=O) groups excluding carboxylic acids is 3. The number of carbonyl (C=O) groups is 3. The number of esters is 2. The molecule has 7 nitrogen and oxygen atoms in total. The molecule has 7 heteroatoms. The zero-order valence-corrected chi connectivity index (χ0v) is 14.1. The third-order valence-electron chi connectivity index (χ3n) is 3.58. The van der Waals surface area contributed by atoms with Gasteiger partial charge in [-0.15, -0.1) is 0 Å². The number of amides is 1. The van der Waals surface area contributed by atoms with Crippen LogP contribution < -0.4 is 0 Å². The van der Waals surface area contributed by atoms with E-state index >= 15 is 0 Å². The van der Waals surface area contributed by atoms with Crippen LogP contribution in [0.15, 0.2) is 42.5 Å². The van der Waals surface area contributed by atoms with Crippen molar-refractivity contribution < 1.29 is 28.6 Å². The molecule has 1 aliphatic rings. The highest BCUT2D eigenvalue weighted by atomic mass is 16.6. The second-order valence-electron chi connectivity index (χ2n) is 5.74. The van der Waals surface area contributed by atoms with Crippen LogP contribution in [0.25, 0.3) is 0 Å². The fraction of sp³-hybridized carbons (Fsp3) is 0.389. The summed E-state index contributed by atoms with van der Waals surface area (Å²) in [5, 5.41) is 0. The van der Waals surface area contributed by atoms with Gasteiger partial charge in [0.1, 0.15) is 12.7 Å². The third-order valence-corrected chi connectivity index (χ3v) is 3.58. The van der Waals surface area contributed by atoms with Crippen molar-refractivity contribution >= 4 is 18.0 Å². The maximum atomic E-state index is 12.0. The molecule has 1 aliphatic heterocycles. The summed E-state index contributed by atoms with van der Waals surface area (Å²) in [5.41, 5.74) is 1.11. The van der Waals surface area contributed by atoms with E-state index in [1.807, 2.05) is 30.3 Å². The van der Waals surface area contributed by atoms with Gasteiger partial charge in [0.2, 0.25) is 0 Å². The Hall–Kier alpha value is -2.83. The Bertz CT molecular complexity index is 642. The van der Waals surface area contributed by atoms with Gasteiger partial charge < -0.3 is 19.1 Å². The van der Waals surface area contributed by atoms with Gasteiger partial charge in [-0.1, -0.05) is 36.9 Å². The van der Waals surface area contributed by atoms with Gasteiger partial charge in [-0.3, -0.25) is 0 Å². The molecule has 0 aromatic heterocycles. The molecule has 2 rings (SSSR count). The second kappa shape index (κ2) is 8.86. The first-order valence-corrected chi connectivity index (χ1v) is 7.93. The van der Waals surface area contributed by atoms with Crippen molar-refractivity contribution in [3.8, 4) is 0 Å². The van der Waals surface area contributed by atoms with Crippen LogP contribution in [0.4, 0.5) is 4.79 Å². The molecule has 1 fully saturated rings. The lowest BCUT2D eigenvalue weighted by Gasteiger charge is -2.16. The number of ether oxygens (including phenoxy) is 3. The molecule has 0 spiro atoms. The van der Waals surface area contributed by atoms with Gasteiger partial charge in [0.25, 0.3) is 0 Å². The first-order valence-electron chi connectivity index (χ1n) is 7.93. The standard InChI is InChI=1S/C18H21NO6/c1-13(2)17(21)23-12-16(20)25-15-8-9-19(10-15)18(22)24-11-14-6-4-3-5-7-14/h3-7,15H,1,8-12H2,2H3. The van der Waals surface area contributed by atoms with Gasteiger partial charge in [0.05, 0.1) is 6.54 Å². The third kappa shape index (κ3) is 5.95. The molecule has 0 saturated carbocycles. The van der Waals surface area contributed by atoms with Crippen LogP contribution >= 0.6 is 0 Å². The van der Waals surface area contributed by atoms with Gasteiger partial charge in [-0.2, -0.15) is 0 Å². The van der Waals surface area contributed by atoms with Crippen LogP contribution in [0.3, 0.4) is 0 Å². The van der Waals surface area contributed by atoms with Crippen molar-refractivity contribution in [3.63, 3.8) is 0 Å². The fourth-order valence-corrected chi connectivity index (χ4v) is 2.27. The highest BCUT2D eigenvalue weighted by Gasteiger charge is 2.30. The van der Waals surface area contributed by atoms with E-state index in [1.54, 1.807) is 0 Å². The molecule has 134 valence electrons. The highest BCUT2D eigenvalue weighted by Crippen LogP contribution is 2.15. The lowest BCUT2D eigenvalue weighted by Crippen LogP contribution is -2.31. The Labute approximate surface area is 146 Å². The summed E-state index contributed by atoms with van der Waals surface area (Å²) in [5.74, 6) is -1.30. The Morgan fingerprint density at radius 3 is 2.60 bits per heavy atom. The molecular formula is C18H21NO6. The molecule has 1 atom stereocenters. The molecule has 1 heterocycles. The predicted octanol–water partition coefficient (Wildman–Crippen LogP) is 2.06. The second-order valence-corrected chi connectivity index (χ2v) is 5.74. The first kappa shape index (κ1) is 18.5. The molecule has 0 N–H and O–H groups in total. The monoisotopic (exact) mass is 347 g/mol. The van der Waals surface area contributed by atoms with E-state index < -0.39 is 30.7 Å². The number of hydrogen-bond acceptors (Lipinski definition) is 6. The average Bonchev–Trinajstić information content (AvgIpc) is 3.06. The van der Waals surface area contributed by atoms with Crippen LogP contribution in [0.5, 0.6) is 0 Å². The number of likely N-dealkylation sites (tertiary alicyclic amines) is 1. The average molecular weight is 347 g/mol. The van der Waals surface area contributed by atoms with Crippen molar-refractivity contribution in [2.75, 3.05) is 19.7 Å². The van der Waals surface area contributed by atoms with Crippen LogP contribution in [0, 0.1) is 0 Å². The minimum Gasteiger partial charge on any atom is -0.458 e. The van der Waals surface area contributed by atoms with Crippen molar-refractivity contribution in [1.82, 2.24) is 4.90 Å². The van der Waals surface area contributed by atoms with Gasteiger partial charge in [0.15, 0.2) is 6.61 Å². The fourth-order valence-electron chi connectivity index (χ4n) is 2.27. The zero-order chi connectivity index (χ0) is 18.2. The Morgan fingerprint density at radius 1 is 1.20 bits per heavy atom. The van der Waals surface area contributed by atoms with Crippen molar-refractivity contribution in [3.05, 3.63) is 48.0 Å². The summed E-state index contributed by atoms with van der Waals surface area (Å²) >= 11 is 0. The SMILES string of the molecule is C=C(C)C(=O)OCC(=O)OC1CCN(C(=O)OCc2ccccc2)C1. The molecule has 1 amide bonds. The summed E-state index contributed by atoms with van der Waals surface area (Å²) in [6.07, 6.45) is -0.364.